The first-order valence-corrected chi connectivity index (χ1v) is 6.80. The number of ether oxygens (including phenoxy) is 1. The fourth-order valence-corrected chi connectivity index (χ4v) is 2.63. The minimum atomic E-state index is 0.503. The van der Waals surface area contributed by atoms with Crippen molar-refractivity contribution in [2.24, 2.45) is 11.3 Å². The van der Waals surface area contributed by atoms with Gasteiger partial charge in [0.1, 0.15) is 0 Å². The molecule has 0 amide bonds. The van der Waals surface area contributed by atoms with Crippen molar-refractivity contribution in [3.63, 3.8) is 0 Å². The fourth-order valence-electron chi connectivity index (χ4n) is 2.63. The molecule has 0 saturated heterocycles. The maximum Gasteiger partial charge on any atom is 0.0618 e. The molecule has 2 nitrogen and oxygen atoms in total. The van der Waals surface area contributed by atoms with E-state index in [4.69, 9.17) is 4.74 Å². The lowest BCUT2D eigenvalue weighted by molar-refractivity contribution is 0.128. The average molecular weight is 227 g/mol. The molecule has 0 heterocycles. The molecule has 0 radical (unpaired) electrons. The summed E-state index contributed by atoms with van der Waals surface area (Å²) in [5.41, 5.74) is 0.527. The minimum Gasteiger partial charge on any atom is -0.383 e. The lowest BCUT2D eigenvalue weighted by Gasteiger charge is -2.36. The minimum absolute atomic E-state index is 0.503. The molecule has 1 N–H and O–H groups in total. The van der Waals surface area contributed by atoms with Gasteiger partial charge in [0.25, 0.3) is 0 Å². The summed E-state index contributed by atoms with van der Waals surface area (Å²) in [5.74, 6) is 0.646. The van der Waals surface area contributed by atoms with Crippen molar-refractivity contribution >= 4 is 0 Å². The lowest BCUT2D eigenvalue weighted by Crippen LogP contribution is -2.44. The molecule has 2 heteroatoms. The quantitative estimate of drug-likeness (QED) is 0.752. The van der Waals surface area contributed by atoms with Crippen LogP contribution in [-0.4, -0.2) is 26.3 Å². The largest absolute Gasteiger partial charge is 0.383 e. The van der Waals surface area contributed by atoms with Crippen LogP contribution in [0.1, 0.15) is 52.9 Å². The van der Waals surface area contributed by atoms with Crippen LogP contribution in [-0.2, 0) is 4.74 Å². The summed E-state index contributed by atoms with van der Waals surface area (Å²) in [7, 11) is 1.79. The van der Waals surface area contributed by atoms with Crippen LogP contribution in [0.15, 0.2) is 0 Å². The average Bonchev–Trinajstić information content (AvgIpc) is 2.25. The second-order valence-electron chi connectivity index (χ2n) is 6.06. The van der Waals surface area contributed by atoms with Crippen LogP contribution >= 0.6 is 0 Å². The van der Waals surface area contributed by atoms with Crippen LogP contribution < -0.4 is 5.32 Å². The van der Waals surface area contributed by atoms with Crippen LogP contribution in [0, 0.1) is 11.3 Å². The predicted octanol–water partition coefficient (Wildman–Crippen LogP) is 3.22. The number of rotatable bonds is 6. The summed E-state index contributed by atoms with van der Waals surface area (Å²) < 4.78 is 5.28. The molecule has 1 saturated carbocycles. The van der Waals surface area contributed by atoms with Crippen molar-refractivity contribution in [2.45, 2.75) is 58.9 Å². The van der Waals surface area contributed by atoms with Gasteiger partial charge in [-0.15, -0.1) is 0 Å². The highest BCUT2D eigenvalue weighted by Crippen LogP contribution is 2.35. The Morgan fingerprint density at radius 3 is 2.31 bits per heavy atom. The van der Waals surface area contributed by atoms with E-state index in [1.54, 1.807) is 7.11 Å². The first-order chi connectivity index (χ1) is 7.57. The fraction of sp³-hybridized carbons (Fsp3) is 1.00. The van der Waals surface area contributed by atoms with Gasteiger partial charge < -0.3 is 10.1 Å². The second-order valence-corrected chi connectivity index (χ2v) is 6.06. The van der Waals surface area contributed by atoms with Gasteiger partial charge in [-0.3, -0.25) is 0 Å². The highest BCUT2D eigenvalue weighted by atomic mass is 16.5. The first-order valence-electron chi connectivity index (χ1n) is 6.80. The van der Waals surface area contributed by atoms with E-state index in [-0.39, 0.29) is 0 Å². The lowest BCUT2D eigenvalue weighted by atomic mass is 9.75. The van der Waals surface area contributed by atoms with Crippen LogP contribution in [0.4, 0.5) is 0 Å². The molecule has 1 rings (SSSR count). The molecule has 1 unspecified atom stereocenters. The molecule has 0 aromatic rings. The maximum atomic E-state index is 5.28. The van der Waals surface area contributed by atoms with Gasteiger partial charge in [-0.25, -0.2) is 0 Å². The summed E-state index contributed by atoms with van der Waals surface area (Å²) in [5, 5.41) is 3.71. The SMILES string of the molecule is COCC(NCC1(C)CCCCC1)C(C)C. The zero-order valence-electron chi connectivity index (χ0n) is 11.5. The van der Waals surface area contributed by atoms with Crippen molar-refractivity contribution in [3.8, 4) is 0 Å². The summed E-state index contributed by atoms with van der Waals surface area (Å²) in [6.07, 6.45) is 7.03. The first kappa shape index (κ1) is 14.0. The van der Waals surface area contributed by atoms with E-state index >= 15 is 0 Å². The maximum absolute atomic E-state index is 5.28. The normalized spacial score (nSPS) is 22.3. The molecule has 1 aliphatic rings. The molecule has 0 bridgehead atoms. The Morgan fingerprint density at radius 2 is 1.81 bits per heavy atom. The summed E-state index contributed by atoms with van der Waals surface area (Å²) in [6, 6.07) is 0.503. The Kier molecular flexibility index (Phi) is 5.77. The van der Waals surface area contributed by atoms with Gasteiger partial charge in [-0.1, -0.05) is 40.0 Å². The zero-order chi connectivity index (χ0) is 12.0. The zero-order valence-corrected chi connectivity index (χ0v) is 11.5. The third-order valence-corrected chi connectivity index (χ3v) is 4.00. The molecule has 1 atom stereocenters. The van der Waals surface area contributed by atoms with Gasteiger partial charge in [-0.05, 0) is 24.2 Å². The van der Waals surface area contributed by atoms with Crippen LogP contribution in [0.25, 0.3) is 0 Å². The summed E-state index contributed by atoms with van der Waals surface area (Å²) in [6.45, 7) is 8.94. The number of nitrogens with one attached hydrogen (secondary N) is 1. The van der Waals surface area contributed by atoms with E-state index in [9.17, 15) is 0 Å². The van der Waals surface area contributed by atoms with Gasteiger partial charge in [0.05, 0.1) is 6.61 Å². The van der Waals surface area contributed by atoms with E-state index in [1.165, 1.54) is 32.1 Å². The van der Waals surface area contributed by atoms with E-state index in [1.807, 2.05) is 0 Å². The van der Waals surface area contributed by atoms with Crippen molar-refractivity contribution < 1.29 is 4.74 Å². The monoisotopic (exact) mass is 227 g/mol. The van der Waals surface area contributed by atoms with E-state index in [2.05, 4.69) is 26.1 Å². The molecule has 0 spiro atoms. The van der Waals surface area contributed by atoms with Gasteiger partial charge in [0.15, 0.2) is 0 Å². The number of hydrogen-bond acceptors (Lipinski definition) is 2. The molecule has 1 aliphatic carbocycles. The van der Waals surface area contributed by atoms with E-state index < -0.39 is 0 Å². The molecule has 16 heavy (non-hydrogen) atoms. The van der Waals surface area contributed by atoms with Gasteiger partial charge in [0.2, 0.25) is 0 Å². The smallest absolute Gasteiger partial charge is 0.0618 e. The highest BCUT2D eigenvalue weighted by molar-refractivity contribution is 4.83. The molecule has 96 valence electrons. The predicted molar refractivity (Wildman–Crippen MR) is 69.7 cm³/mol. The second kappa shape index (κ2) is 6.61. The molecule has 0 aliphatic heterocycles. The van der Waals surface area contributed by atoms with Crippen LogP contribution in [0.5, 0.6) is 0 Å². The number of hydrogen-bond donors (Lipinski definition) is 1. The molecular weight excluding hydrogens is 198 g/mol. The van der Waals surface area contributed by atoms with Crippen molar-refractivity contribution in [2.75, 3.05) is 20.3 Å². The van der Waals surface area contributed by atoms with Crippen LogP contribution in [0.2, 0.25) is 0 Å². The Morgan fingerprint density at radius 1 is 1.19 bits per heavy atom. The van der Waals surface area contributed by atoms with Gasteiger partial charge in [0, 0.05) is 19.7 Å². The summed E-state index contributed by atoms with van der Waals surface area (Å²) >= 11 is 0. The molecular formula is C14H29NO. The molecule has 0 aromatic carbocycles. The third kappa shape index (κ3) is 4.42. The Labute approximate surface area is 101 Å². The topological polar surface area (TPSA) is 21.3 Å². The number of methoxy groups -OCH3 is 1. The molecule has 0 aromatic heterocycles. The van der Waals surface area contributed by atoms with Crippen molar-refractivity contribution in [1.29, 1.82) is 0 Å². The van der Waals surface area contributed by atoms with Crippen molar-refractivity contribution in [1.82, 2.24) is 5.32 Å². The summed E-state index contributed by atoms with van der Waals surface area (Å²) in [4.78, 5) is 0. The van der Waals surface area contributed by atoms with Gasteiger partial charge >= 0.3 is 0 Å². The Balaban J connectivity index is 2.35. The van der Waals surface area contributed by atoms with Crippen LogP contribution in [0.3, 0.4) is 0 Å². The van der Waals surface area contributed by atoms with Crippen molar-refractivity contribution in [3.05, 3.63) is 0 Å². The standard InChI is InChI=1S/C14H29NO/c1-12(2)13(10-16-4)15-11-14(3)8-6-5-7-9-14/h12-13,15H,5-11H2,1-4H3. The van der Waals surface area contributed by atoms with Gasteiger partial charge in [-0.2, -0.15) is 0 Å². The molecule has 1 fully saturated rings. The third-order valence-electron chi connectivity index (χ3n) is 4.00. The van der Waals surface area contributed by atoms with E-state index in [0.717, 1.165) is 13.2 Å². The Hall–Kier alpha value is -0.0800. The Bertz CT molecular complexity index is 185. The highest BCUT2D eigenvalue weighted by Gasteiger charge is 2.27. The van der Waals surface area contributed by atoms with E-state index in [0.29, 0.717) is 17.4 Å².